The van der Waals surface area contributed by atoms with Crippen molar-refractivity contribution in [3.8, 4) is 11.5 Å². The fourth-order valence-electron chi connectivity index (χ4n) is 1.71. The molecule has 0 aliphatic heterocycles. The summed E-state index contributed by atoms with van der Waals surface area (Å²) < 4.78 is 18.0. The lowest BCUT2D eigenvalue weighted by atomic mass is 10.2. The summed E-state index contributed by atoms with van der Waals surface area (Å²) in [6.07, 6.45) is 1.42. The normalized spacial score (nSPS) is 10.6. The maximum atomic E-state index is 12.8. The molecule has 5 nitrogen and oxygen atoms in total. The molecule has 2 aromatic rings. The lowest BCUT2D eigenvalue weighted by Gasteiger charge is -2.06. The van der Waals surface area contributed by atoms with Crippen molar-refractivity contribution in [3.05, 3.63) is 59.4 Å². The summed E-state index contributed by atoms with van der Waals surface area (Å²) in [4.78, 5) is 11.8. The lowest BCUT2D eigenvalue weighted by molar-refractivity contribution is 0.0955. The first kappa shape index (κ1) is 15.5. The number of rotatable bonds is 5. The maximum absolute atomic E-state index is 12.8. The second-order valence-corrected chi connectivity index (χ2v) is 4.37. The van der Waals surface area contributed by atoms with Crippen molar-refractivity contribution < 1.29 is 19.0 Å². The first-order valence-electron chi connectivity index (χ1n) is 6.65. The van der Waals surface area contributed by atoms with Crippen molar-refractivity contribution in [2.75, 3.05) is 6.61 Å². The monoisotopic (exact) mass is 302 g/mol. The molecule has 0 unspecified atom stereocenters. The number of hydrogen-bond donors (Lipinski definition) is 2. The molecular formula is C16H15FN2O3. The number of nitrogens with zero attached hydrogens (tertiary/aromatic N) is 1. The summed E-state index contributed by atoms with van der Waals surface area (Å²) in [6, 6.07) is 9.85. The van der Waals surface area contributed by atoms with Crippen LogP contribution in [0, 0.1) is 5.82 Å². The second-order valence-electron chi connectivity index (χ2n) is 4.37. The Bertz CT molecular complexity index is 684. The molecule has 0 aromatic heterocycles. The number of phenolic OH excluding ortho intramolecular Hbond substituents is 1. The van der Waals surface area contributed by atoms with Gasteiger partial charge in [0.1, 0.15) is 5.82 Å². The molecule has 2 rings (SSSR count). The minimum absolute atomic E-state index is 0.0364. The van der Waals surface area contributed by atoms with E-state index in [4.69, 9.17) is 4.74 Å². The highest BCUT2D eigenvalue weighted by atomic mass is 19.1. The zero-order chi connectivity index (χ0) is 15.9. The summed E-state index contributed by atoms with van der Waals surface area (Å²) in [5.41, 5.74) is 3.30. The lowest BCUT2D eigenvalue weighted by Crippen LogP contribution is -2.17. The van der Waals surface area contributed by atoms with Gasteiger partial charge in [0.2, 0.25) is 0 Å². The first-order chi connectivity index (χ1) is 10.6. The number of amides is 1. The highest BCUT2D eigenvalue weighted by molar-refractivity contribution is 5.94. The smallest absolute Gasteiger partial charge is 0.271 e. The Labute approximate surface area is 127 Å². The van der Waals surface area contributed by atoms with E-state index in [9.17, 15) is 14.3 Å². The molecule has 0 radical (unpaired) electrons. The molecule has 0 saturated heterocycles. The predicted octanol–water partition coefficient (Wildman–Crippen LogP) is 2.69. The average molecular weight is 302 g/mol. The highest BCUT2D eigenvalue weighted by Gasteiger charge is 2.04. The van der Waals surface area contributed by atoms with Crippen LogP contribution in [0.2, 0.25) is 0 Å². The van der Waals surface area contributed by atoms with Crippen molar-refractivity contribution in [2.45, 2.75) is 6.92 Å². The summed E-state index contributed by atoms with van der Waals surface area (Å²) in [6.45, 7) is 2.23. The van der Waals surface area contributed by atoms with Crippen LogP contribution in [-0.4, -0.2) is 23.8 Å². The van der Waals surface area contributed by atoms with Gasteiger partial charge in [0.15, 0.2) is 11.5 Å². The van der Waals surface area contributed by atoms with Crippen molar-refractivity contribution in [1.29, 1.82) is 0 Å². The molecular weight excluding hydrogens is 287 g/mol. The number of benzene rings is 2. The van der Waals surface area contributed by atoms with E-state index < -0.39 is 11.7 Å². The molecule has 0 spiro atoms. The Kier molecular flexibility index (Phi) is 5.08. The summed E-state index contributed by atoms with van der Waals surface area (Å²) in [5, 5.41) is 13.4. The number of aromatic hydroxyl groups is 1. The van der Waals surface area contributed by atoms with Gasteiger partial charge < -0.3 is 9.84 Å². The van der Waals surface area contributed by atoms with Gasteiger partial charge in [0.05, 0.1) is 12.8 Å². The van der Waals surface area contributed by atoms with E-state index in [1.165, 1.54) is 36.5 Å². The molecule has 0 aliphatic carbocycles. The zero-order valence-electron chi connectivity index (χ0n) is 11.9. The van der Waals surface area contributed by atoms with Gasteiger partial charge in [-0.25, -0.2) is 9.82 Å². The Hall–Kier alpha value is -2.89. The molecule has 114 valence electrons. The number of hydrogen-bond acceptors (Lipinski definition) is 4. The fourth-order valence-corrected chi connectivity index (χ4v) is 1.71. The number of carbonyl (C=O) groups excluding carboxylic acids is 1. The molecule has 0 bridgehead atoms. The zero-order valence-corrected chi connectivity index (χ0v) is 11.9. The SMILES string of the molecule is CCOc1cc(C=NNC(=O)c2ccc(F)cc2)ccc1O. The van der Waals surface area contributed by atoms with Gasteiger partial charge in [-0.05, 0) is 55.0 Å². The van der Waals surface area contributed by atoms with Crippen molar-refractivity contribution in [3.63, 3.8) is 0 Å². The van der Waals surface area contributed by atoms with Gasteiger partial charge in [-0.2, -0.15) is 5.10 Å². The van der Waals surface area contributed by atoms with Gasteiger partial charge in [0, 0.05) is 5.56 Å². The molecule has 6 heteroatoms. The highest BCUT2D eigenvalue weighted by Crippen LogP contribution is 2.26. The quantitative estimate of drug-likeness (QED) is 0.659. The Morgan fingerprint density at radius 1 is 1.32 bits per heavy atom. The number of hydrazone groups is 1. The van der Waals surface area contributed by atoms with Crippen molar-refractivity contribution in [2.24, 2.45) is 5.10 Å². The van der Waals surface area contributed by atoms with Crippen LogP contribution in [0.25, 0.3) is 0 Å². The van der Waals surface area contributed by atoms with E-state index in [-0.39, 0.29) is 5.75 Å². The Morgan fingerprint density at radius 2 is 2.05 bits per heavy atom. The van der Waals surface area contributed by atoms with E-state index in [2.05, 4.69) is 10.5 Å². The van der Waals surface area contributed by atoms with Crippen LogP contribution in [-0.2, 0) is 0 Å². The second kappa shape index (κ2) is 7.21. The van der Waals surface area contributed by atoms with Gasteiger partial charge in [-0.3, -0.25) is 4.79 Å². The van der Waals surface area contributed by atoms with E-state index in [0.29, 0.717) is 23.5 Å². The molecule has 0 aliphatic rings. The van der Waals surface area contributed by atoms with Crippen LogP contribution >= 0.6 is 0 Å². The third-order valence-electron chi connectivity index (χ3n) is 2.77. The molecule has 0 heterocycles. The maximum Gasteiger partial charge on any atom is 0.271 e. The minimum atomic E-state index is -0.444. The number of ether oxygens (including phenoxy) is 1. The molecule has 0 fully saturated rings. The van der Waals surface area contributed by atoms with Gasteiger partial charge in [-0.15, -0.1) is 0 Å². The van der Waals surface area contributed by atoms with Crippen LogP contribution in [0.3, 0.4) is 0 Å². The van der Waals surface area contributed by atoms with Crippen LogP contribution in [0.1, 0.15) is 22.8 Å². The van der Waals surface area contributed by atoms with Crippen molar-refractivity contribution >= 4 is 12.1 Å². The Morgan fingerprint density at radius 3 is 2.73 bits per heavy atom. The third-order valence-corrected chi connectivity index (χ3v) is 2.77. The number of carbonyl (C=O) groups is 1. The average Bonchev–Trinajstić information content (AvgIpc) is 2.51. The third kappa shape index (κ3) is 4.05. The largest absolute Gasteiger partial charge is 0.504 e. The standard InChI is InChI=1S/C16H15FN2O3/c1-2-22-15-9-11(3-8-14(15)20)10-18-19-16(21)12-4-6-13(17)7-5-12/h3-10,20H,2H2,1H3,(H,19,21). The molecule has 0 atom stereocenters. The molecule has 22 heavy (non-hydrogen) atoms. The summed E-state index contributed by atoms with van der Waals surface area (Å²) >= 11 is 0. The Balaban J connectivity index is 2.01. The van der Waals surface area contributed by atoms with Gasteiger partial charge in [0.25, 0.3) is 5.91 Å². The number of phenols is 1. The van der Waals surface area contributed by atoms with Gasteiger partial charge >= 0.3 is 0 Å². The van der Waals surface area contributed by atoms with Crippen LogP contribution in [0.15, 0.2) is 47.6 Å². The van der Waals surface area contributed by atoms with E-state index in [0.717, 1.165) is 0 Å². The van der Waals surface area contributed by atoms with Gasteiger partial charge in [-0.1, -0.05) is 0 Å². The minimum Gasteiger partial charge on any atom is -0.504 e. The fraction of sp³-hybridized carbons (Fsp3) is 0.125. The summed E-state index contributed by atoms with van der Waals surface area (Å²) in [5.74, 6) is -0.474. The van der Waals surface area contributed by atoms with E-state index in [1.54, 1.807) is 12.1 Å². The predicted molar refractivity (Wildman–Crippen MR) is 80.7 cm³/mol. The molecule has 1 amide bonds. The van der Waals surface area contributed by atoms with Crippen molar-refractivity contribution in [1.82, 2.24) is 5.43 Å². The van der Waals surface area contributed by atoms with Crippen LogP contribution in [0.5, 0.6) is 11.5 Å². The first-order valence-corrected chi connectivity index (χ1v) is 6.65. The van der Waals surface area contributed by atoms with Crippen LogP contribution in [0.4, 0.5) is 4.39 Å². The molecule has 0 saturated carbocycles. The molecule has 2 aromatic carbocycles. The topological polar surface area (TPSA) is 70.9 Å². The van der Waals surface area contributed by atoms with Crippen LogP contribution < -0.4 is 10.2 Å². The molecule has 2 N–H and O–H groups in total. The van der Waals surface area contributed by atoms with E-state index in [1.807, 2.05) is 6.92 Å². The van der Waals surface area contributed by atoms with E-state index >= 15 is 0 Å². The number of nitrogens with one attached hydrogen (secondary N) is 1. The summed E-state index contributed by atoms with van der Waals surface area (Å²) in [7, 11) is 0. The number of halogens is 1.